The molecule has 9 rings (SSSR count). The third-order valence-corrected chi connectivity index (χ3v) is 9.81. The molecule has 0 bridgehead atoms. The predicted octanol–water partition coefficient (Wildman–Crippen LogP) is 14.3. The first-order chi connectivity index (χ1) is 25.8. The summed E-state index contributed by atoms with van der Waals surface area (Å²) < 4.78 is 0. The van der Waals surface area contributed by atoms with E-state index >= 15 is 0 Å². The molecule has 0 fully saturated rings. The van der Waals surface area contributed by atoms with Crippen LogP contribution in [0.2, 0.25) is 0 Å². The summed E-state index contributed by atoms with van der Waals surface area (Å²) in [5.74, 6) is 0. The third-order valence-electron chi connectivity index (χ3n) is 9.81. The van der Waals surface area contributed by atoms with Gasteiger partial charge in [-0.25, -0.2) is 0 Å². The second kappa shape index (κ2) is 13.8. The van der Waals surface area contributed by atoms with Crippen molar-refractivity contribution < 1.29 is 0 Å². The Kier molecular flexibility index (Phi) is 8.24. The lowest BCUT2D eigenvalue weighted by Crippen LogP contribution is -2.11. The van der Waals surface area contributed by atoms with E-state index in [1.807, 2.05) is 0 Å². The Morgan fingerprint density at radius 2 is 0.615 bits per heavy atom. The van der Waals surface area contributed by atoms with Crippen LogP contribution in [0.3, 0.4) is 0 Å². The van der Waals surface area contributed by atoms with Gasteiger partial charge in [0.05, 0.1) is 5.69 Å². The van der Waals surface area contributed by atoms with Crippen LogP contribution in [0, 0.1) is 0 Å². The van der Waals surface area contributed by atoms with Crippen molar-refractivity contribution in [2.24, 2.45) is 0 Å². The minimum Gasteiger partial charge on any atom is -0.310 e. The summed E-state index contributed by atoms with van der Waals surface area (Å²) in [4.78, 5) is 4.74. The number of para-hydroxylation sites is 2. The summed E-state index contributed by atoms with van der Waals surface area (Å²) in [5, 5.41) is 4.83. The maximum atomic E-state index is 2.39. The van der Waals surface area contributed by atoms with E-state index < -0.39 is 0 Å². The summed E-state index contributed by atoms with van der Waals surface area (Å²) >= 11 is 0. The maximum absolute atomic E-state index is 2.39. The van der Waals surface area contributed by atoms with Gasteiger partial charge in [-0.3, -0.25) is 0 Å². The molecule has 2 heteroatoms. The van der Waals surface area contributed by atoms with Gasteiger partial charge in [-0.2, -0.15) is 0 Å². The number of fused-ring (bicyclic) bond motifs is 3. The highest BCUT2D eigenvalue weighted by Crippen LogP contribution is 2.44. The van der Waals surface area contributed by atoms with Crippen molar-refractivity contribution in [2.45, 2.75) is 0 Å². The molecule has 9 aromatic carbocycles. The number of nitrogens with zero attached hydrogens (tertiary/aromatic N) is 2. The zero-order valence-electron chi connectivity index (χ0n) is 28.7. The Morgan fingerprint density at radius 3 is 1.15 bits per heavy atom. The average Bonchev–Trinajstić information content (AvgIpc) is 3.23. The number of benzene rings is 9. The van der Waals surface area contributed by atoms with Gasteiger partial charge < -0.3 is 9.80 Å². The molecular weight excluding hydrogens is 629 g/mol. The van der Waals surface area contributed by atoms with Gasteiger partial charge in [0.15, 0.2) is 0 Å². The first-order valence-electron chi connectivity index (χ1n) is 17.8. The van der Waals surface area contributed by atoms with E-state index in [4.69, 9.17) is 0 Å². The Labute approximate surface area is 305 Å². The standard InChI is InChI=1S/C50H36N2/c1-5-15-37(16-6-1)39-25-29-44(30-26-39)51(42-19-9-3-10-20-42)46-33-34-47-41(35-46)36-50(49-24-14-13-23-48(47)49)52(43-21-11-4-12-22-43)45-31-27-40(28-32-45)38-17-7-2-8-18-38/h1-36H. The molecule has 0 amide bonds. The van der Waals surface area contributed by atoms with Gasteiger partial charge in [0.2, 0.25) is 0 Å². The van der Waals surface area contributed by atoms with Crippen LogP contribution in [0.15, 0.2) is 218 Å². The maximum Gasteiger partial charge on any atom is 0.0546 e. The number of anilines is 6. The summed E-state index contributed by atoms with van der Waals surface area (Å²) in [5.41, 5.74) is 11.5. The van der Waals surface area contributed by atoms with E-state index in [1.54, 1.807) is 0 Å². The summed E-state index contributed by atoms with van der Waals surface area (Å²) in [6, 6.07) is 78.3. The quantitative estimate of drug-likeness (QED) is 0.149. The van der Waals surface area contributed by atoms with Crippen LogP contribution in [0.25, 0.3) is 43.8 Å². The fourth-order valence-electron chi connectivity index (χ4n) is 7.30. The van der Waals surface area contributed by atoms with E-state index in [1.165, 1.54) is 43.8 Å². The van der Waals surface area contributed by atoms with Gasteiger partial charge in [-0.1, -0.05) is 152 Å². The molecule has 0 unspecified atom stereocenters. The second-order valence-electron chi connectivity index (χ2n) is 13.0. The lowest BCUT2D eigenvalue weighted by Gasteiger charge is -2.29. The first-order valence-corrected chi connectivity index (χ1v) is 17.8. The Morgan fingerprint density at radius 1 is 0.231 bits per heavy atom. The molecular formula is C50H36N2. The third kappa shape index (κ3) is 5.97. The van der Waals surface area contributed by atoms with E-state index in [9.17, 15) is 0 Å². The van der Waals surface area contributed by atoms with E-state index in [2.05, 4.69) is 228 Å². The van der Waals surface area contributed by atoms with Gasteiger partial charge in [-0.05, 0) is 105 Å². The normalized spacial score (nSPS) is 11.1. The van der Waals surface area contributed by atoms with Crippen LogP contribution in [0.4, 0.5) is 34.1 Å². The van der Waals surface area contributed by atoms with Crippen LogP contribution < -0.4 is 9.80 Å². The van der Waals surface area contributed by atoms with Gasteiger partial charge in [0.25, 0.3) is 0 Å². The molecule has 0 radical (unpaired) electrons. The lowest BCUT2D eigenvalue weighted by atomic mass is 9.97. The van der Waals surface area contributed by atoms with E-state index in [0.29, 0.717) is 0 Å². The van der Waals surface area contributed by atoms with Crippen LogP contribution in [0.5, 0.6) is 0 Å². The molecule has 0 saturated heterocycles. The fraction of sp³-hybridized carbons (Fsp3) is 0. The zero-order valence-corrected chi connectivity index (χ0v) is 28.7. The van der Waals surface area contributed by atoms with Crippen molar-refractivity contribution in [3.05, 3.63) is 218 Å². The van der Waals surface area contributed by atoms with Crippen LogP contribution in [0.1, 0.15) is 0 Å². The van der Waals surface area contributed by atoms with Gasteiger partial charge in [0.1, 0.15) is 0 Å². The summed E-state index contributed by atoms with van der Waals surface area (Å²) in [6.07, 6.45) is 0. The number of hydrogen-bond donors (Lipinski definition) is 0. The highest BCUT2D eigenvalue weighted by atomic mass is 15.1. The molecule has 0 aromatic heterocycles. The molecule has 0 aliphatic heterocycles. The Balaban J connectivity index is 1.21. The van der Waals surface area contributed by atoms with Crippen molar-refractivity contribution in [3.8, 4) is 22.3 Å². The van der Waals surface area contributed by atoms with Crippen LogP contribution in [-0.2, 0) is 0 Å². The largest absolute Gasteiger partial charge is 0.310 e. The SMILES string of the molecule is c1ccc(-c2ccc(N(c3ccccc3)c3ccc4c(c3)cc(N(c3ccccc3)c3ccc(-c5ccccc5)cc3)c3ccccc34)cc2)cc1. The molecule has 52 heavy (non-hydrogen) atoms. The van der Waals surface area contributed by atoms with Crippen LogP contribution in [-0.4, -0.2) is 0 Å². The van der Waals surface area contributed by atoms with Crippen molar-refractivity contribution in [2.75, 3.05) is 9.80 Å². The fourth-order valence-corrected chi connectivity index (χ4v) is 7.30. The summed E-state index contributed by atoms with van der Waals surface area (Å²) in [6.45, 7) is 0. The van der Waals surface area contributed by atoms with Crippen molar-refractivity contribution in [1.29, 1.82) is 0 Å². The summed E-state index contributed by atoms with van der Waals surface area (Å²) in [7, 11) is 0. The van der Waals surface area contributed by atoms with Gasteiger partial charge in [0, 0.05) is 33.8 Å². The van der Waals surface area contributed by atoms with Crippen molar-refractivity contribution in [1.82, 2.24) is 0 Å². The second-order valence-corrected chi connectivity index (χ2v) is 13.0. The monoisotopic (exact) mass is 664 g/mol. The van der Waals surface area contributed by atoms with Crippen LogP contribution >= 0.6 is 0 Å². The Hall–Kier alpha value is -6.90. The molecule has 0 heterocycles. The molecule has 9 aromatic rings. The molecule has 246 valence electrons. The number of rotatable bonds is 8. The highest BCUT2D eigenvalue weighted by molar-refractivity contribution is 6.15. The molecule has 0 saturated carbocycles. The van der Waals surface area contributed by atoms with Crippen molar-refractivity contribution >= 4 is 55.7 Å². The minimum atomic E-state index is 1.10. The Bertz CT molecular complexity index is 2580. The molecule has 0 atom stereocenters. The molecule has 0 N–H and O–H groups in total. The molecule has 0 aliphatic rings. The average molecular weight is 665 g/mol. The molecule has 2 nitrogen and oxygen atoms in total. The van der Waals surface area contributed by atoms with Crippen molar-refractivity contribution in [3.63, 3.8) is 0 Å². The minimum absolute atomic E-state index is 1.10. The predicted molar refractivity (Wildman–Crippen MR) is 222 cm³/mol. The topological polar surface area (TPSA) is 6.48 Å². The van der Waals surface area contributed by atoms with Gasteiger partial charge in [-0.15, -0.1) is 0 Å². The molecule has 0 aliphatic carbocycles. The smallest absolute Gasteiger partial charge is 0.0546 e. The van der Waals surface area contributed by atoms with E-state index in [-0.39, 0.29) is 0 Å². The highest BCUT2D eigenvalue weighted by Gasteiger charge is 2.19. The lowest BCUT2D eigenvalue weighted by molar-refractivity contribution is 1.29. The first kappa shape index (κ1) is 31.1. The zero-order chi connectivity index (χ0) is 34.7. The number of hydrogen-bond acceptors (Lipinski definition) is 2. The molecule has 0 spiro atoms. The van der Waals surface area contributed by atoms with Gasteiger partial charge >= 0.3 is 0 Å². The van der Waals surface area contributed by atoms with E-state index in [0.717, 1.165) is 34.1 Å².